The zero-order valence-electron chi connectivity index (χ0n) is 9.60. The van der Waals surface area contributed by atoms with Crippen LogP contribution >= 0.6 is 0 Å². The number of piperidine rings is 1. The standard InChI is InChI=1S/C10H14F4N2O2/c11-9(12)10(13,14)6-15-7(17)5-16-4-2-1-3-8(16)18/h9H,1-6H2,(H,15,17). The summed E-state index contributed by atoms with van der Waals surface area (Å²) in [4.78, 5) is 23.8. The largest absolute Gasteiger partial charge is 0.348 e. The maximum atomic E-state index is 12.5. The third-order valence-corrected chi connectivity index (χ3v) is 2.60. The topological polar surface area (TPSA) is 49.4 Å². The van der Waals surface area contributed by atoms with E-state index in [4.69, 9.17) is 0 Å². The van der Waals surface area contributed by atoms with Gasteiger partial charge in [-0.05, 0) is 12.8 Å². The normalized spacial score (nSPS) is 17.2. The Bertz CT molecular complexity index is 323. The zero-order chi connectivity index (χ0) is 13.8. The fraction of sp³-hybridized carbons (Fsp3) is 0.800. The number of hydrogen-bond donors (Lipinski definition) is 1. The lowest BCUT2D eigenvalue weighted by atomic mass is 10.1. The van der Waals surface area contributed by atoms with Crippen LogP contribution < -0.4 is 5.32 Å². The molecule has 8 heteroatoms. The highest BCUT2D eigenvalue weighted by Crippen LogP contribution is 2.21. The molecule has 1 heterocycles. The van der Waals surface area contributed by atoms with Crippen LogP contribution in [0.1, 0.15) is 19.3 Å². The molecule has 2 amide bonds. The molecule has 0 saturated carbocycles. The lowest BCUT2D eigenvalue weighted by Crippen LogP contribution is -2.47. The maximum absolute atomic E-state index is 12.5. The molecule has 0 radical (unpaired) electrons. The molecule has 0 aromatic heterocycles. The van der Waals surface area contributed by atoms with Crippen molar-refractivity contribution in [3.05, 3.63) is 0 Å². The van der Waals surface area contributed by atoms with Gasteiger partial charge in [0.25, 0.3) is 0 Å². The maximum Gasteiger partial charge on any atom is 0.324 e. The highest BCUT2D eigenvalue weighted by atomic mass is 19.3. The smallest absolute Gasteiger partial charge is 0.324 e. The quantitative estimate of drug-likeness (QED) is 0.758. The average Bonchev–Trinajstić information content (AvgIpc) is 2.29. The average molecular weight is 270 g/mol. The van der Waals surface area contributed by atoms with E-state index in [1.165, 1.54) is 4.90 Å². The van der Waals surface area contributed by atoms with Gasteiger partial charge in [-0.25, -0.2) is 8.78 Å². The molecule has 0 atom stereocenters. The number of alkyl halides is 4. The van der Waals surface area contributed by atoms with Crippen molar-refractivity contribution in [2.75, 3.05) is 19.6 Å². The van der Waals surface area contributed by atoms with Gasteiger partial charge in [0.15, 0.2) is 0 Å². The minimum atomic E-state index is -4.25. The summed E-state index contributed by atoms with van der Waals surface area (Å²) in [5, 5.41) is 1.71. The van der Waals surface area contributed by atoms with E-state index in [0.29, 0.717) is 13.0 Å². The SMILES string of the molecule is O=C(CN1CCCCC1=O)NCC(F)(F)C(F)F. The fourth-order valence-electron chi connectivity index (χ4n) is 1.55. The first-order valence-electron chi connectivity index (χ1n) is 5.53. The Balaban J connectivity index is 2.35. The van der Waals surface area contributed by atoms with Crippen molar-refractivity contribution >= 4 is 11.8 Å². The van der Waals surface area contributed by atoms with Crippen LogP contribution in [0.25, 0.3) is 0 Å². The van der Waals surface area contributed by atoms with Gasteiger partial charge in [0.2, 0.25) is 11.8 Å². The van der Waals surface area contributed by atoms with Crippen molar-refractivity contribution in [3.8, 4) is 0 Å². The van der Waals surface area contributed by atoms with Crippen LogP contribution in [0.4, 0.5) is 17.6 Å². The number of nitrogens with zero attached hydrogens (tertiary/aromatic N) is 1. The van der Waals surface area contributed by atoms with Gasteiger partial charge >= 0.3 is 12.3 Å². The van der Waals surface area contributed by atoms with Crippen molar-refractivity contribution in [1.82, 2.24) is 10.2 Å². The van der Waals surface area contributed by atoms with Gasteiger partial charge in [-0.15, -0.1) is 0 Å². The number of halogens is 4. The molecule has 1 aliphatic heterocycles. The van der Waals surface area contributed by atoms with Crippen molar-refractivity contribution in [2.24, 2.45) is 0 Å². The molecule has 1 fully saturated rings. The molecule has 0 bridgehead atoms. The van der Waals surface area contributed by atoms with E-state index >= 15 is 0 Å². The minimum Gasteiger partial charge on any atom is -0.348 e. The Morgan fingerprint density at radius 2 is 2.06 bits per heavy atom. The first kappa shape index (κ1) is 14.7. The molecule has 1 saturated heterocycles. The Morgan fingerprint density at radius 1 is 1.39 bits per heavy atom. The van der Waals surface area contributed by atoms with Gasteiger partial charge in [-0.1, -0.05) is 0 Å². The number of rotatable bonds is 5. The summed E-state index contributed by atoms with van der Waals surface area (Å²) in [5.41, 5.74) is 0. The number of nitrogens with one attached hydrogen (secondary N) is 1. The second-order valence-electron chi connectivity index (χ2n) is 4.11. The predicted molar refractivity (Wildman–Crippen MR) is 54.4 cm³/mol. The summed E-state index contributed by atoms with van der Waals surface area (Å²) in [6, 6.07) is 0. The van der Waals surface area contributed by atoms with E-state index in [-0.39, 0.29) is 12.5 Å². The number of likely N-dealkylation sites (tertiary alicyclic amines) is 1. The Kier molecular flexibility index (Phi) is 4.92. The summed E-state index contributed by atoms with van der Waals surface area (Å²) in [6.07, 6.45) is -2.03. The van der Waals surface area contributed by atoms with Crippen LogP contribution in [0.15, 0.2) is 0 Å². The predicted octanol–water partition coefficient (Wildman–Crippen LogP) is 1.02. The number of hydrogen-bond acceptors (Lipinski definition) is 2. The molecule has 0 unspecified atom stereocenters. The van der Waals surface area contributed by atoms with E-state index in [2.05, 4.69) is 0 Å². The van der Waals surface area contributed by atoms with Crippen LogP contribution in [0, 0.1) is 0 Å². The van der Waals surface area contributed by atoms with E-state index in [1.54, 1.807) is 5.32 Å². The molecule has 104 valence electrons. The molecule has 0 aliphatic carbocycles. The van der Waals surface area contributed by atoms with Gasteiger partial charge in [0, 0.05) is 13.0 Å². The summed E-state index contributed by atoms with van der Waals surface area (Å²) in [7, 11) is 0. The molecule has 1 N–H and O–H groups in total. The van der Waals surface area contributed by atoms with Gasteiger partial charge in [0.1, 0.15) is 0 Å². The fourth-order valence-corrected chi connectivity index (χ4v) is 1.55. The van der Waals surface area contributed by atoms with Crippen LogP contribution in [-0.2, 0) is 9.59 Å². The van der Waals surface area contributed by atoms with Crippen LogP contribution in [-0.4, -0.2) is 48.7 Å². The number of amides is 2. The Labute approximate surface area is 101 Å². The molecular formula is C10H14F4N2O2. The highest BCUT2D eigenvalue weighted by Gasteiger charge is 2.40. The highest BCUT2D eigenvalue weighted by molar-refractivity contribution is 5.85. The van der Waals surface area contributed by atoms with Crippen LogP contribution in [0.5, 0.6) is 0 Å². The van der Waals surface area contributed by atoms with Gasteiger partial charge in [-0.2, -0.15) is 8.78 Å². The molecular weight excluding hydrogens is 256 g/mol. The van der Waals surface area contributed by atoms with Gasteiger partial charge < -0.3 is 10.2 Å². The number of carbonyl (C=O) groups is 2. The third-order valence-electron chi connectivity index (χ3n) is 2.60. The Hall–Kier alpha value is -1.34. The molecule has 4 nitrogen and oxygen atoms in total. The first-order chi connectivity index (χ1) is 8.33. The summed E-state index contributed by atoms with van der Waals surface area (Å²) in [6.45, 7) is -1.40. The molecule has 1 aliphatic rings. The summed E-state index contributed by atoms with van der Waals surface area (Å²) >= 11 is 0. The monoisotopic (exact) mass is 270 g/mol. The van der Waals surface area contributed by atoms with Crippen LogP contribution in [0.2, 0.25) is 0 Å². The first-order valence-corrected chi connectivity index (χ1v) is 5.53. The van der Waals surface area contributed by atoms with E-state index in [9.17, 15) is 27.2 Å². The van der Waals surface area contributed by atoms with E-state index < -0.39 is 24.8 Å². The van der Waals surface area contributed by atoms with Crippen molar-refractivity contribution < 1.29 is 27.2 Å². The van der Waals surface area contributed by atoms with Crippen molar-refractivity contribution in [3.63, 3.8) is 0 Å². The molecule has 0 spiro atoms. The molecule has 0 aromatic rings. The van der Waals surface area contributed by atoms with Crippen LogP contribution in [0.3, 0.4) is 0 Å². The third kappa shape index (κ3) is 4.15. The molecule has 18 heavy (non-hydrogen) atoms. The molecule has 1 rings (SSSR count). The minimum absolute atomic E-state index is 0.225. The number of carbonyl (C=O) groups excluding carboxylic acids is 2. The van der Waals surface area contributed by atoms with Crippen molar-refractivity contribution in [2.45, 2.75) is 31.6 Å². The van der Waals surface area contributed by atoms with Crippen molar-refractivity contribution in [1.29, 1.82) is 0 Å². The Morgan fingerprint density at radius 3 is 2.61 bits per heavy atom. The lowest BCUT2D eigenvalue weighted by Gasteiger charge is -2.26. The van der Waals surface area contributed by atoms with E-state index in [0.717, 1.165) is 12.8 Å². The zero-order valence-corrected chi connectivity index (χ0v) is 9.60. The summed E-state index contributed by atoms with van der Waals surface area (Å²) in [5.74, 6) is -5.33. The van der Waals surface area contributed by atoms with E-state index in [1.807, 2.05) is 0 Å². The summed E-state index contributed by atoms with van der Waals surface area (Å²) < 4.78 is 48.7. The second kappa shape index (κ2) is 6.01. The second-order valence-corrected chi connectivity index (χ2v) is 4.11. The van der Waals surface area contributed by atoms with Gasteiger partial charge in [-0.3, -0.25) is 9.59 Å². The molecule has 0 aromatic carbocycles. The lowest BCUT2D eigenvalue weighted by molar-refractivity contribution is -0.142. The van der Waals surface area contributed by atoms with Gasteiger partial charge in [0.05, 0.1) is 13.1 Å².